The van der Waals surface area contributed by atoms with E-state index in [9.17, 15) is 5.11 Å². The van der Waals surface area contributed by atoms with E-state index < -0.39 is 0 Å². The minimum absolute atomic E-state index is 0.0877. The number of rotatable bonds is 4. The predicted octanol–water partition coefficient (Wildman–Crippen LogP) is 5.34. The number of methoxy groups -OCH3 is 1. The average molecular weight is 349 g/mol. The fourth-order valence-corrected chi connectivity index (χ4v) is 3.22. The van der Waals surface area contributed by atoms with Gasteiger partial charge in [0.25, 0.3) is 0 Å². The summed E-state index contributed by atoms with van der Waals surface area (Å²) in [5.74, 6) is 2.03. The van der Waals surface area contributed by atoms with Crippen LogP contribution >= 0.6 is 0 Å². The van der Waals surface area contributed by atoms with Gasteiger partial charge in [-0.3, -0.25) is 0 Å². The molecule has 0 aliphatic rings. The summed E-state index contributed by atoms with van der Waals surface area (Å²) in [6, 6.07) is 13.3. The van der Waals surface area contributed by atoms with E-state index in [4.69, 9.17) is 13.7 Å². The highest BCUT2D eigenvalue weighted by molar-refractivity contribution is 5.89. The van der Waals surface area contributed by atoms with E-state index in [2.05, 4.69) is 5.16 Å². The number of fused-ring (bicyclic) bond motifs is 1. The Balaban J connectivity index is 1.92. The smallest absolute Gasteiger partial charge is 0.145 e. The highest BCUT2D eigenvalue weighted by Crippen LogP contribution is 2.42. The second-order valence-electron chi connectivity index (χ2n) is 6.15. The van der Waals surface area contributed by atoms with Gasteiger partial charge in [0.2, 0.25) is 0 Å². The van der Waals surface area contributed by atoms with Gasteiger partial charge in [0.15, 0.2) is 0 Å². The Morgan fingerprint density at radius 3 is 2.69 bits per heavy atom. The number of ether oxygens (including phenoxy) is 1. The molecule has 0 saturated heterocycles. The van der Waals surface area contributed by atoms with Crippen LogP contribution in [0.1, 0.15) is 18.2 Å². The molecule has 0 atom stereocenters. The van der Waals surface area contributed by atoms with E-state index in [1.807, 2.05) is 50.2 Å². The standard InChI is InChI=1S/C21H19NO4/c1-4-13-9-15(16(23)11-18(13)24-3)21-20(12(2)26-22-21)19-10-14-7-5-6-8-17(14)25-19/h5-11,23H,4H2,1-3H3. The molecule has 2 aromatic heterocycles. The summed E-state index contributed by atoms with van der Waals surface area (Å²) < 4.78 is 16.8. The highest BCUT2D eigenvalue weighted by Gasteiger charge is 2.23. The molecule has 2 aromatic carbocycles. The van der Waals surface area contributed by atoms with Crippen LogP contribution in [-0.4, -0.2) is 17.4 Å². The van der Waals surface area contributed by atoms with Crippen LogP contribution in [0.2, 0.25) is 0 Å². The lowest BCUT2D eigenvalue weighted by atomic mass is 9.99. The maximum atomic E-state index is 10.5. The second-order valence-corrected chi connectivity index (χ2v) is 6.15. The maximum absolute atomic E-state index is 10.5. The summed E-state index contributed by atoms with van der Waals surface area (Å²) in [6.07, 6.45) is 0.771. The molecule has 0 saturated carbocycles. The minimum atomic E-state index is 0.0877. The molecular formula is C21H19NO4. The molecule has 0 radical (unpaired) electrons. The lowest BCUT2D eigenvalue weighted by Gasteiger charge is -2.11. The van der Waals surface area contributed by atoms with Gasteiger partial charge in [0, 0.05) is 17.0 Å². The summed E-state index contributed by atoms with van der Waals surface area (Å²) in [6.45, 7) is 3.87. The van der Waals surface area contributed by atoms with Crippen molar-refractivity contribution in [3.05, 3.63) is 53.8 Å². The van der Waals surface area contributed by atoms with Gasteiger partial charge in [-0.15, -0.1) is 0 Å². The van der Waals surface area contributed by atoms with Crippen LogP contribution in [0, 0.1) is 6.92 Å². The number of aromatic nitrogens is 1. The molecule has 132 valence electrons. The first-order valence-electron chi connectivity index (χ1n) is 8.47. The first-order valence-corrected chi connectivity index (χ1v) is 8.47. The summed E-state index contributed by atoms with van der Waals surface area (Å²) >= 11 is 0. The van der Waals surface area contributed by atoms with Gasteiger partial charge in [0.1, 0.15) is 34.3 Å². The van der Waals surface area contributed by atoms with Gasteiger partial charge in [-0.2, -0.15) is 0 Å². The van der Waals surface area contributed by atoms with Crippen molar-refractivity contribution in [1.82, 2.24) is 5.16 Å². The molecule has 0 bridgehead atoms. The molecule has 4 rings (SSSR count). The first kappa shape index (κ1) is 16.3. The molecular weight excluding hydrogens is 330 g/mol. The molecule has 2 heterocycles. The van der Waals surface area contributed by atoms with E-state index in [-0.39, 0.29) is 5.75 Å². The van der Waals surface area contributed by atoms with Crippen LogP contribution in [0.3, 0.4) is 0 Å². The van der Waals surface area contributed by atoms with Crippen LogP contribution in [0.4, 0.5) is 0 Å². The molecule has 5 heteroatoms. The Hall–Kier alpha value is -3.21. The van der Waals surface area contributed by atoms with Gasteiger partial charge in [-0.1, -0.05) is 30.3 Å². The molecule has 0 aliphatic heterocycles. The molecule has 0 aliphatic carbocycles. The third kappa shape index (κ3) is 2.52. The monoisotopic (exact) mass is 349 g/mol. The molecule has 4 aromatic rings. The number of furan rings is 1. The zero-order chi connectivity index (χ0) is 18.3. The van der Waals surface area contributed by atoms with Crippen molar-refractivity contribution in [2.24, 2.45) is 0 Å². The average Bonchev–Trinajstić information content (AvgIpc) is 3.24. The van der Waals surface area contributed by atoms with Crippen LogP contribution in [0.15, 0.2) is 51.4 Å². The zero-order valence-corrected chi connectivity index (χ0v) is 14.9. The first-order chi connectivity index (χ1) is 12.6. The van der Waals surface area contributed by atoms with Gasteiger partial charge in [-0.25, -0.2) is 0 Å². The van der Waals surface area contributed by atoms with Gasteiger partial charge in [0.05, 0.1) is 12.7 Å². The second kappa shape index (κ2) is 6.26. The topological polar surface area (TPSA) is 68.6 Å². The fraction of sp³-hybridized carbons (Fsp3) is 0.190. The zero-order valence-electron chi connectivity index (χ0n) is 14.9. The number of hydrogen-bond donors (Lipinski definition) is 1. The molecule has 5 nitrogen and oxygen atoms in total. The van der Waals surface area contributed by atoms with Crippen molar-refractivity contribution < 1.29 is 18.8 Å². The normalized spacial score (nSPS) is 11.2. The number of benzene rings is 2. The van der Waals surface area contributed by atoms with Crippen LogP contribution < -0.4 is 4.74 Å². The Morgan fingerprint density at radius 1 is 1.15 bits per heavy atom. The lowest BCUT2D eigenvalue weighted by molar-refractivity contribution is 0.397. The van der Waals surface area contributed by atoms with Crippen molar-refractivity contribution in [1.29, 1.82) is 0 Å². The minimum Gasteiger partial charge on any atom is -0.507 e. The maximum Gasteiger partial charge on any atom is 0.145 e. The number of phenolic OH excluding ortho intramolecular Hbond substituents is 1. The highest BCUT2D eigenvalue weighted by atomic mass is 16.5. The third-order valence-corrected chi connectivity index (χ3v) is 4.57. The fourth-order valence-electron chi connectivity index (χ4n) is 3.22. The van der Waals surface area contributed by atoms with Crippen molar-refractivity contribution in [3.8, 4) is 34.1 Å². The van der Waals surface area contributed by atoms with Gasteiger partial charge < -0.3 is 18.8 Å². The largest absolute Gasteiger partial charge is 0.507 e. The quantitative estimate of drug-likeness (QED) is 0.538. The summed E-state index contributed by atoms with van der Waals surface area (Å²) in [7, 11) is 1.59. The van der Waals surface area contributed by atoms with Crippen molar-refractivity contribution in [3.63, 3.8) is 0 Å². The molecule has 1 N–H and O–H groups in total. The summed E-state index contributed by atoms with van der Waals surface area (Å²) in [5, 5.41) is 15.7. The van der Waals surface area contributed by atoms with E-state index in [0.29, 0.717) is 28.5 Å². The van der Waals surface area contributed by atoms with E-state index in [1.165, 1.54) is 0 Å². The van der Waals surface area contributed by atoms with Crippen LogP contribution in [0.5, 0.6) is 11.5 Å². The lowest BCUT2D eigenvalue weighted by Crippen LogP contribution is -1.93. The number of hydrogen-bond acceptors (Lipinski definition) is 5. The van der Waals surface area contributed by atoms with E-state index in [1.54, 1.807) is 13.2 Å². The van der Waals surface area contributed by atoms with E-state index >= 15 is 0 Å². The van der Waals surface area contributed by atoms with Crippen molar-refractivity contribution >= 4 is 11.0 Å². The Morgan fingerprint density at radius 2 is 1.96 bits per heavy atom. The number of aromatic hydroxyl groups is 1. The Bertz CT molecular complexity index is 1060. The Kier molecular flexibility index (Phi) is 3.92. The number of phenols is 1. The number of nitrogens with zero attached hydrogens (tertiary/aromatic N) is 1. The van der Waals surface area contributed by atoms with Crippen molar-refractivity contribution in [2.45, 2.75) is 20.3 Å². The molecule has 0 fully saturated rings. The summed E-state index contributed by atoms with van der Waals surface area (Å²) in [4.78, 5) is 0. The van der Waals surface area contributed by atoms with Gasteiger partial charge >= 0.3 is 0 Å². The van der Waals surface area contributed by atoms with Crippen molar-refractivity contribution in [2.75, 3.05) is 7.11 Å². The van der Waals surface area contributed by atoms with E-state index in [0.717, 1.165) is 28.5 Å². The molecule has 26 heavy (non-hydrogen) atoms. The molecule has 0 amide bonds. The van der Waals surface area contributed by atoms with Gasteiger partial charge in [-0.05, 0) is 37.1 Å². The molecule has 0 spiro atoms. The van der Waals surface area contributed by atoms with Crippen LogP contribution in [0.25, 0.3) is 33.6 Å². The third-order valence-electron chi connectivity index (χ3n) is 4.57. The number of para-hydroxylation sites is 1. The molecule has 0 unspecified atom stereocenters. The predicted molar refractivity (Wildman–Crippen MR) is 99.5 cm³/mol. The SMILES string of the molecule is CCc1cc(-c2noc(C)c2-c2cc3ccccc3o2)c(O)cc1OC. The summed E-state index contributed by atoms with van der Waals surface area (Å²) in [5.41, 5.74) is 3.66. The Labute approximate surface area is 150 Å². The van der Waals surface area contributed by atoms with Crippen LogP contribution in [-0.2, 0) is 6.42 Å². The number of aryl methyl sites for hydroxylation is 2.